The highest BCUT2D eigenvalue weighted by Gasteiger charge is 1.99. The van der Waals surface area contributed by atoms with Crippen LogP contribution in [0.2, 0.25) is 0 Å². The van der Waals surface area contributed by atoms with Crippen LogP contribution >= 0.6 is 0 Å². The molecular formula is C18H25N5. The Balaban J connectivity index is 1.78. The second-order valence-corrected chi connectivity index (χ2v) is 5.32. The van der Waals surface area contributed by atoms with Gasteiger partial charge in [0.25, 0.3) is 0 Å². The van der Waals surface area contributed by atoms with Crippen LogP contribution in [0, 0.1) is 6.92 Å². The molecule has 0 aromatic carbocycles. The molecule has 2 N–H and O–H groups in total. The molecule has 0 saturated heterocycles. The van der Waals surface area contributed by atoms with E-state index < -0.39 is 0 Å². The largest absolute Gasteiger partial charge is 0.357 e. The molecule has 5 heteroatoms. The minimum Gasteiger partial charge on any atom is -0.357 e. The lowest BCUT2D eigenvalue weighted by molar-refractivity contribution is 0.792. The number of aromatic nitrogens is 2. The van der Waals surface area contributed by atoms with Gasteiger partial charge in [0.05, 0.1) is 0 Å². The third kappa shape index (κ3) is 6.46. The molecule has 0 fully saturated rings. The van der Waals surface area contributed by atoms with E-state index in [-0.39, 0.29) is 0 Å². The summed E-state index contributed by atoms with van der Waals surface area (Å²) >= 11 is 0. The number of hydrogen-bond donors (Lipinski definition) is 2. The number of aliphatic imine (C=N–C) groups is 1. The summed E-state index contributed by atoms with van der Waals surface area (Å²) in [6, 6.07) is 10.1. The molecule has 0 bridgehead atoms. The molecule has 0 spiro atoms. The molecule has 2 aromatic heterocycles. The quantitative estimate of drug-likeness (QED) is 0.607. The fourth-order valence-corrected chi connectivity index (χ4v) is 2.14. The first kappa shape index (κ1) is 16.9. The van der Waals surface area contributed by atoms with E-state index in [0.29, 0.717) is 0 Å². The van der Waals surface area contributed by atoms with E-state index in [4.69, 9.17) is 0 Å². The molecule has 23 heavy (non-hydrogen) atoms. The number of pyridine rings is 2. The Morgan fingerprint density at radius 3 is 2.70 bits per heavy atom. The highest BCUT2D eigenvalue weighted by atomic mass is 15.2. The van der Waals surface area contributed by atoms with Gasteiger partial charge in [-0.3, -0.25) is 15.0 Å². The summed E-state index contributed by atoms with van der Waals surface area (Å²) in [5.74, 6) is 0.850. The molecule has 0 unspecified atom stereocenters. The summed E-state index contributed by atoms with van der Waals surface area (Å²) < 4.78 is 0. The second-order valence-electron chi connectivity index (χ2n) is 5.32. The lowest BCUT2D eigenvalue weighted by Crippen LogP contribution is -2.38. The minimum absolute atomic E-state index is 0.721. The highest BCUT2D eigenvalue weighted by molar-refractivity contribution is 5.79. The van der Waals surface area contributed by atoms with Crippen LogP contribution in [-0.2, 0) is 12.8 Å². The van der Waals surface area contributed by atoms with E-state index in [0.717, 1.165) is 49.8 Å². The molecule has 2 rings (SSSR count). The molecule has 0 amide bonds. The average Bonchev–Trinajstić information content (AvgIpc) is 2.58. The van der Waals surface area contributed by atoms with Crippen LogP contribution in [-0.4, -0.2) is 35.6 Å². The van der Waals surface area contributed by atoms with Crippen LogP contribution in [0.3, 0.4) is 0 Å². The van der Waals surface area contributed by atoms with Crippen molar-refractivity contribution >= 4 is 5.96 Å². The zero-order valence-electron chi connectivity index (χ0n) is 13.9. The maximum Gasteiger partial charge on any atom is 0.191 e. The number of guanidine groups is 1. The zero-order chi connectivity index (χ0) is 16.3. The Hall–Kier alpha value is -2.43. The summed E-state index contributed by atoms with van der Waals surface area (Å²) in [5.41, 5.74) is 3.34. The van der Waals surface area contributed by atoms with Crippen LogP contribution in [0.25, 0.3) is 0 Å². The average molecular weight is 311 g/mol. The number of nitrogens with zero attached hydrogens (tertiary/aromatic N) is 3. The third-order valence-electron chi connectivity index (χ3n) is 3.39. The van der Waals surface area contributed by atoms with E-state index in [2.05, 4.69) is 38.6 Å². The van der Waals surface area contributed by atoms with E-state index in [9.17, 15) is 0 Å². The number of hydrogen-bond acceptors (Lipinski definition) is 3. The van der Waals surface area contributed by atoms with Crippen molar-refractivity contribution in [2.45, 2.75) is 26.7 Å². The van der Waals surface area contributed by atoms with Gasteiger partial charge in [0.15, 0.2) is 5.96 Å². The molecule has 122 valence electrons. The van der Waals surface area contributed by atoms with Gasteiger partial charge in [0, 0.05) is 49.8 Å². The minimum atomic E-state index is 0.721. The van der Waals surface area contributed by atoms with Crippen molar-refractivity contribution in [3.63, 3.8) is 0 Å². The predicted octanol–water partition coefficient (Wildman–Crippen LogP) is 2.13. The molecule has 0 atom stereocenters. The van der Waals surface area contributed by atoms with Crippen molar-refractivity contribution in [3.05, 3.63) is 59.7 Å². The Labute approximate surface area is 138 Å². The molecule has 0 aliphatic carbocycles. The predicted molar refractivity (Wildman–Crippen MR) is 94.6 cm³/mol. The topological polar surface area (TPSA) is 62.2 Å². The standard InChI is InChI=1S/C18H25N5/c1-3-19-18(22-13-10-17-6-4-5-11-20-17)21-12-9-16-8-7-15(2)23-14-16/h4-8,11,14H,3,9-10,12-13H2,1-2H3,(H2,19,21,22). The van der Waals surface area contributed by atoms with Crippen LogP contribution < -0.4 is 10.6 Å². The molecule has 0 saturated carbocycles. The lowest BCUT2D eigenvalue weighted by Gasteiger charge is -2.11. The van der Waals surface area contributed by atoms with Crippen molar-refractivity contribution in [1.29, 1.82) is 0 Å². The van der Waals surface area contributed by atoms with Crippen LogP contribution in [0.5, 0.6) is 0 Å². The Bertz CT molecular complexity index is 593. The van der Waals surface area contributed by atoms with E-state index in [1.807, 2.05) is 43.6 Å². The van der Waals surface area contributed by atoms with Crippen molar-refractivity contribution in [1.82, 2.24) is 20.6 Å². The van der Waals surface area contributed by atoms with Gasteiger partial charge < -0.3 is 10.6 Å². The molecular weight excluding hydrogens is 286 g/mol. The lowest BCUT2D eigenvalue weighted by atomic mass is 10.2. The van der Waals surface area contributed by atoms with E-state index in [1.165, 1.54) is 5.56 Å². The first-order valence-electron chi connectivity index (χ1n) is 8.11. The zero-order valence-corrected chi connectivity index (χ0v) is 13.9. The van der Waals surface area contributed by atoms with E-state index >= 15 is 0 Å². The first-order valence-corrected chi connectivity index (χ1v) is 8.11. The van der Waals surface area contributed by atoms with Crippen LogP contribution in [0.4, 0.5) is 0 Å². The monoisotopic (exact) mass is 311 g/mol. The van der Waals surface area contributed by atoms with Crippen LogP contribution in [0.1, 0.15) is 23.9 Å². The van der Waals surface area contributed by atoms with Gasteiger partial charge in [-0.2, -0.15) is 0 Å². The summed E-state index contributed by atoms with van der Waals surface area (Å²) in [4.78, 5) is 13.2. The Morgan fingerprint density at radius 2 is 2.00 bits per heavy atom. The van der Waals surface area contributed by atoms with Gasteiger partial charge in [-0.25, -0.2) is 0 Å². The summed E-state index contributed by atoms with van der Waals surface area (Å²) in [6.45, 7) is 6.47. The Kier molecular flexibility index (Phi) is 7.04. The fourth-order valence-electron chi connectivity index (χ4n) is 2.14. The van der Waals surface area contributed by atoms with Gasteiger partial charge in [-0.15, -0.1) is 0 Å². The number of rotatable bonds is 7. The second kappa shape index (κ2) is 9.56. The summed E-state index contributed by atoms with van der Waals surface area (Å²) in [7, 11) is 0. The van der Waals surface area contributed by atoms with Crippen molar-refractivity contribution in [2.24, 2.45) is 4.99 Å². The van der Waals surface area contributed by atoms with E-state index in [1.54, 1.807) is 0 Å². The molecule has 2 heterocycles. The normalized spacial score (nSPS) is 11.3. The van der Waals surface area contributed by atoms with Crippen LogP contribution in [0.15, 0.2) is 47.7 Å². The fraction of sp³-hybridized carbons (Fsp3) is 0.389. The number of aryl methyl sites for hydroxylation is 1. The Morgan fingerprint density at radius 1 is 1.09 bits per heavy atom. The van der Waals surface area contributed by atoms with Crippen molar-refractivity contribution in [2.75, 3.05) is 19.6 Å². The first-order chi connectivity index (χ1) is 11.3. The molecule has 0 radical (unpaired) electrons. The van der Waals surface area contributed by atoms with Crippen molar-refractivity contribution in [3.8, 4) is 0 Å². The van der Waals surface area contributed by atoms with Gasteiger partial charge in [-0.05, 0) is 44.0 Å². The summed E-state index contributed by atoms with van der Waals surface area (Å²) in [6.07, 6.45) is 5.53. The maximum atomic E-state index is 4.59. The van der Waals surface area contributed by atoms with Gasteiger partial charge >= 0.3 is 0 Å². The number of nitrogens with one attached hydrogen (secondary N) is 2. The van der Waals surface area contributed by atoms with Gasteiger partial charge in [0.1, 0.15) is 0 Å². The summed E-state index contributed by atoms with van der Waals surface area (Å²) in [5, 5.41) is 6.63. The highest BCUT2D eigenvalue weighted by Crippen LogP contribution is 1.99. The SMILES string of the molecule is CCNC(=NCCc1ccccn1)NCCc1ccc(C)nc1. The van der Waals surface area contributed by atoms with Crippen molar-refractivity contribution < 1.29 is 0 Å². The molecule has 2 aromatic rings. The van der Waals surface area contributed by atoms with Gasteiger partial charge in [0.2, 0.25) is 0 Å². The van der Waals surface area contributed by atoms with Gasteiger partial charge in [-0.1, -0.05) is 12.1 Å². The third-order valence-corrected chi connectivity index (χ3v) is 3.39. The molecule has 0 aliphatic rings. The maximum absolute atomic E-state index is 4.59. The molecule has 5 nitrogen and oxygen atoms in total. The smallest absolute Gasteiger partial charge is 0.191 e. The molecule has 0 aliphatic heterocycles.